The molecule has 1 aromatic carbocycles. The number of fused-ring (bicyclic) bond motifs is 1. The van der Waals surface area contributed by atoms with Crippen LogP contribution in [0.15, 0.2) is 24.4 Å². The van der Waals surface area contributed by atoms with Gasteiger partial charge in [-0.1, -0.05) is 17.9 Å². The first-order valence-electron chi connectivity index (χ1n) is 4.65. The van der Waals surface area contributed by atoms with E-state index in [0.717, 1.165) is 32.3 Å². The van der Waals surface area contributed by atoms with Crippen LogP contribution in [0, 0.1) is 6.92 Å². The van der Waals surface area contributed by atoms with E-state index in [0.29, 0.717) is 0 Å². The molecule has 0 aliphatic carbocycles. The summed E-state index contributed by atoms with van der Waals surface area (Å²) in [5.74, 6) is 0. The molecule has 15 heavy (non-hydrogen) atoms. The number of aryl methyl sites for hydroxylation is 1. The van der Waals surface area contributed by atoms with E-state index >= 15 is 0 Å². The highest BCUT2D eigenvalue weighted by Crippen LogP contribution is 2.30. The van der Waals surface area contributed by atoms with Crippen LogP contribution in [0.25, 0.3) is 10.2 Å². The highest BCUT2D eigenvalue weighted by atomic mass is 32.1. The Morgan fingerprint density at radius 1 is 1.53 bits per heavy atom. The van der Waals surface area contributed by atoms with Crippen molar-refractivity contribution in [2.45, 2.75) is 13.8 Å². The number of aromatic nitrogens is 1. The van der Waals surface area contributed by atoms with Crippen molar-refractivity contribution in [2.75, 3.05) is 11.1 Å². The molecule has 0 amide bonds. The normalized spacial score (nSPS) is 10.5. The van der Waals surface area contributed by atoms with Crippen LogP contribution in [-0.2, 0) is 0 Å². The second-order valence-corrected chi connectivity index (χ2v) is 4.64. The molecular weight excluding hydrogens is 206 g/mol. The topological polar surface area (TPSA) is 50.9 Å². The van der Waals surface area contributed by atoms with Crippen LogP contribution in [0.2, 0.25) is 0 Å². The van der Waals surface area contributed by atoms with Gasteiger partial charge in [0, 0.05) is 11.4 Å². The maximum absolute atomic E-state index is 5.78. The quantitative estimate of drug-likeness (QED) is 0.763. The molecule has 0 fully saturated rings. The van der Waals surface area contributed by atoms with Crippen LogP contribution >= 0.6 is 11.3 Å². The molecule has 3 nitrogen and oxygen atoms in total. The van der Waals surface area contributed by atoms with E-state index in [9.17, 15) is 0 Å². The SMILES string of the molecule is C=C(C)Nc1nc2c(C)cc(N)cc2s1. The zero-order valence-corrected chi connectivity index (χ0v) is 9.61. The largest absolute Gasteiger partial charge is 0.399 e. The molecule has 0 saturated carbocycles. The Balaban J connectivity index is 2.55. The maximum atomic E-state index is 5.78. The first-order chi connectivity index (χ1) is 7.06. The zero-order valence-electron chi connectivity index (χ0n) is 8.79. The summed E-state index contributed by atoms with van der Waals surface area (Å²) in [4.78, 5) is 4.48. The molecule has 0 saturated heterocycles. The summed E-state index contributed by atoms with van der Waals surface area (Å²) >= 11 is 1.59. The van der Waals surface area contributed by atoms with Gasteiger partial charge in [-0.25, -0.2) is 4.98 Å². The van der Waals surface area contributed by atoms with Gasteiger partial charge >= 0.3 is 0 Å². The Morgan fingerprint density at radius 2 is 2.27 bits per heavy atom. The lowest BCUT2D eigenvalue weighted by atomic mass is 10.2. The Bertz CT molecular complexity index is 528. The van der Waals surface area contributed by atoms with Crippen molar-refractivity contribution in [2.24, 2.45) is 0 Å². The van der Waals surface area contributed by atoms with Crippen molar-refractivity contribution in [1.82, 2.24) is 4.98 Å². The second-order valence-electron chi connectivity index (χ2n) is 3.61. The number of anilines is 2. The number of rotatable bonds is 2. The second kappa shape index (κ2) is 3.55. The smallest absolute Gasteiger partial charge is 0.188 e. The van der Waals surface area contributed by atoms with Crippen LogP contribution in [0.5, 0.6) is 0 Å². The van der Waals surface area contributed by atoms with Crippen LogP contribution in [0.3, 0.4) is 0 Å². The zero-order chi connectivity index (χ0) is 11.0. The Hall–Kier alpha value is -1.55. The average molecular weight is 219 g/mol. The summed E-state index contributed by atoms with van der Waals surface area (Å²) in [6.45, 7) is 7.72. The molecule has 1 heterocycles. The molecule has 78 valence electrons. The maximum Gasteiger partial charge on any atom is 0.188 e. The number of allylic oxidation sites excluding steroid dienone is 1. The predicted octanol–water partition coefficient (Wildman–Crippen LogP) is 3.13. The van der Waals surface area contributed by atoms with E-state index in [4.69, 9.17) is 5.73 Å². The van der Waals surface area contributed by atoms with Gasteiger partial charge in [-0.15, -0.1) is 0 Å². The molecule has 4 heteroatoms. The molecule has 0 atom stereocenters. The number of nitrogens with zero attached hydrogens (tertiary/aromatic N) is 1. The standard InChI is InChI=1S/C11H13N3S/c1-6(2)13-11-14-10-7(3)4-8(12)5-9(10)15-11/h4-5H,1,12H2,2-3H3,(H,13,14). The lowest BCUT2D eigenvalue weighted by Gasteiger charge is -1.97. The lowest BCUT2D eigenvalue weighted by molar-refractivity contribution is 1.34. The summed E-state index contributed by atoms with van der Waals surface area (Å²) in [6.07, 6.45) is 0. The first-order valence-corrected chi connectivity index (χ1v) is 5.47. The third-order valence-electron chi connectivity index (χ3n) is 2.03. The number of nitrogen functional groups attached to an aromatic ring is 1. The predicted molar refractivity (Wildman–Crippen MR) is 67.2 cm³/mol. The number of benzene rings is 1. The van der Waals surface area contributed by atoms with Crippen LogP contribution in [0.4, 0.5) is 10.8 Å². The van der Waals surface area contributed by atoms with Gasteiger partial charge in [0.2, 0.25) is 0 Å². The molecule has 1 aromatic heterocycles. The number of hydrogen-bond acceptors (Lipinski definition) is 4. The highest BCUT2D eigenvalue weighted by Gasteiger charge is 2.06. The van der Waals surface area contributed by atoms with E-state index in [2.05, 4.69) is 16.9 Å². The number of hydrogen-bond donors (Lipinski definition) is 2. The Labute approximate surface area is 92.6 Å². The molecule has 0 spiro atoms. The molecule has 0 radical (unpaired) electrons. The van der Waals surface area contributed by atoms with Crippen molar-refractivity contribution < 1.29 is 0 Å². The van der Waals surface area contributed by atoms with Crippen molar-refractivity contribution in [3.8, 4) is 0 Å². The van der Waals surface area contributed by atoms with Gasteiger partial charge in [-0.05, 0) is 31.5 Å². The third kappa shape index (κ3) is 1.94. The van der Waals surface area contributed by atoms with Crippen LogP contribution < -0.4 is 11.1 Å². The van der Waals surface area contributed by atoms with Gasteiger partial charge in [0.1, 0.15) is 0 Å². The average Bonchev–Trinajstić information content (AvgIpc) is 2.45. The van der Waals surface area contributed by atoms with Gasteiger partial charge in [-0.3, -0.25) is 0 Å². The van der Waals surface area contributed by atoms with Gasteiger partial charge < -0.3 is 11.1 Å². The van der Waals surface area contributed by atoms with E-state index in [1.54, 1.807) is 11.3 Å². The first kappa shape index (κ1) is 9.98. The fourth-order valence-electron chi connectivity index (χ4n) is 1.46. The van der Waals surface area contributed by atoms with Crippen molar-refractivity contribution in [1.29, 1.82) is 0 Å². The molecule has 0 unspecified atom stereocenters. The van der Waals surface area contributed by atoms with Gasteiger partial charge in [0.15, 0.2) is 5.13 Å². The number of nitrogens with one attached hydrogen (secondary N) is 1. The summed E-state index contributed by atoms with van der Waals surface area (Å²) in [6, 6.07) is 3.89. The molecule has 0 aliphatic heterocycles. The number of thiazole rings is 1. The van der Waals surface area contributed by atoms with E-state index < -0.39 is 0 Å². The minimum Gasteiger partial charge on any atom is -0.399 e. The fraction of sp³-hybridized carbons (Fsp3) is 0.182. The van der Waals surface area contributed by atoms with E-state index in [1.807, 2.05) is 26.0 Å². The summed E-state index contributed by atoms with van der Waals surface area (Å²) in [7, 11) is 0. The summed E-state index contributed by atoms with van der Waals surface area (Å²) in [5, 5.41) is 3.98. The molecular formula is C11H13N3S. The number of nitrogens with two attached hydrogens (primary N) is 1. The Kier molecular flexibility index (Phi) is 2.36. The summed E-state index contributed by atoms with van der Waals surface area (Å²) in [5.41, 5.74) is 9.57. The molecule has 0 bridgehead atoms. The van der Waals surface area contributed by atoms with E-state index in [-0.39, 0.29) is 0 Å². The molecule has 2 aromatic rings. The van der Waals surface area contributed by atoms with Gasteiger partial charge in [0.05, 0.1) is 10.2 Å². The molecule has 3 N–H and O–H groups in total. The summed E-state index contributed by atoms with van der Waals surface area (Å²) < 4.78 is 1.11. The fourth-order valence-corrected chi connectivity index (χ4v) is 2.53. The van der Waals surface area contributed by atoms with Crippen molar-refractivity contribution >= 4 is 32.4 Å². The van der Waals surface area contributed by atoms with Crippen LogP contribution in [-0.4, -0.2) is 4.98 Å². The van der Waals surface area contributed by atoms with Crippen LogP contribution in [0.1, 0.15) is 12.5 Å². The lowest BCUT2D eigenvalue weighted by Crippen LogP contribution is -1.91. The van der Waals surface area contributed by atoms with Gasteiger partial charge in [0.25, 0.3) is 0 Å². The van der Waals surface area contributed by atoms with Gasteiger partial charge in [-0.2, -0.15) is 0 Å². The highest BCUT2D eigenvalue weighted by molar-refractivity contribution is 7.22. The van der Waals surface area contributed by atoms with E-state index in [1.165, 1.54) is 0 Å². The van der Waals surface area contributed by atoms with Crippen molar-refractivity contribution in [3.63, 3.8) is 0 Å². The third-order valence-corrected chi connectivity index (χ3v) is 2.95. The molecule has 0 aliphatic rings. The molecule has 2 rings (SSSR count). The minimum absolute atomic E-state index is 0.783. The van der Waals surface area contributed by atoms with Crippen molar-refractivity contribution in [3.05, 3.63) is 30.0 Å². The Morgan fingerprint density at radius 3 is 2.93 bits per heavy atom. The monoisotopic (exact) mass is 219 g/mol. The minimum atomic E-state index is 0.783.